The van der Waals surface area contributed by atoms with Gasteiger partial charge in [-0.25, -0.2) is 4.98 Å². The lowest BCUT2D eigenvalue weighted by atomic mass is 9.93. The van der Waals surface area contributed by atoms with E-state index in [0.29, 0.717) is 11.7 Å². The molecule has 0 unspecified atom stereocenters. The van der Waals surface area contributed by atoms with Gasteiger partial charge in [-0.1, -0.05) is 0 Å². The van der Waals surface area contributed by atoms with E-state index < -0.39 is 0 Å². The Kier molecular flexibility index (Phi) is 3.50. The minimum absolute atomic E-state index is 0.0167. The van der Waals surface area contributed by atoms with Gasteiger partial charge in [0.05, 0.1) is 12.4 Å². The molecule has 0 aliphatic carbocycles. The zero-order valence-electron chi connectivity index (χ0n) is 12.4. The molecular weight excluding hydrogens is 300 g/mol. The summed E-state index contributed by atoms with van der Waals surface area (Å²) in [7, 11) is 0. The van der Waals surface area contributed by atoms with E-state index in [4.69, 9.17) is 9.15 Å². The lowest BCUT2D eigenvalue weighted by molar-refractivity contribution is 0.00154. The van der Waals surface area contributed by atoms with Crippen molar-refractivity contribution in [3.05, 3.63) is 40.2 Å². The number of furan rings is 1. The van der Waals surface area contributed by atoms with Crippen molar-refractivity contribution in [3.63, 3.8) is 0 Å². The molecule has 2 aromatic heterocycles. The first-order valence-corrected chi connectivity index (χ1v) is 8.49. The Hall–Kier alpha value is -1.66. The van der Waals surface area contributed by atoms with Crippen molar-refractivity contribution in [2.75, 3.05) is 13.1 Å². The van der Waals surface area contributed by atoms with Gasteiger partial charge in [-0.3, -0.25) is 4.79 Å². The fourth-order valence-electron chi connectivity index (χ4n) is 3.38. The number of likely N-dealkylation sites (tertiary alicyclic amines) is 1. The predicted molar refractivity (Wildman–Crippen MR) is 81.8 cm³/mol. The van der Waals surface area contributed by atoms with E-state index in [-0.39, 0.29) is 18.1 Å². The smallest absolute Gasteiger partial charge is 0.289 e. The SMILES string of the molecule is Cc1csc([C@@H]2C[C@@H]3CN(C(=O)c4ccco4)CC[C@H]3O2)n1. The Morgan fingerprint density at radius 2 is 2.41 bits per heavy atom. The highest BCUT2D eigenvalue weighted by Crippen LogP contribution is 2.41. The Balaban J connectivity index is 1.44. The van der Waals surface area contributed by atoms with Crippen LogP contribution in [0.4, 0.5) is 0 Å². The summed E-state index contributed by atoms with van der Waals surface area (Å²) in [4.78, 5) is 18.8. The third-order valence-electron chi connectivity index (χ3n) is 4.45. The third kappa shape index (κ3) is 2.46. The second-order valence-electron chi connectivity index (χ2n) is 6.00. The molecule has 116 valence electrons. The molecule has 0 aromatic carbocycles. The van der Waals surface area contributed by atoms with Crippen LogP contribution in [0.2, 0.25) is 0 Å². The van der Waals surface area contributed by atoms with Gasteiger partial charge in [0.1, 0.15) is 11.1 Å². The minimum atomic E-state index is -0.0167. The Morgan fingerprint density at radius 3 is 3.14 bits per heavy atom. The summed E-state index contributed by atoms with van der Waals surface area (Å²) in [6.45, 7) is 3.47. The monoisotopic (exact) mass is 318 g/mol. The Labute approximate surface area is 132 Å². The molecule has 2 aliphatic heterocycles. The summed E-state index contributed by atoms with van der Waals surface area (Å²) in [5, 5.41) is 3.13. The first-order valence-electron chi connectivity index (χ1n) is 7.61. The molecule has 5 nitrogen and oxygen atoms in total. The molecule has 0 saturated carbocycles. The predicted octanol–water partition coefficient (Wildman–Crippen LogP) is 3.04. The zero-order valence-corrected chi connectivity index (χ0v) is 13.2. The molecule has 2 fully saturated rings. The summed E-state index contributed by atoms with van der Waals surface area (Å²) < 4.78 is 11.4. The van der Waals surface area contributed by atoms with Gasteiger partial charge in [0, 0.05) is 30.1 Å². The number of hydrogen-bond donors (Lipinski definition) is 0. The highest BCUT2D eigenvalue weighted by Gasteiger charge is 2.41. The van der Waals surface area contributed by atoms with Crippen LogP contribution in [0.15, 0.2) is 28.2 Å². The van der Waals surface area contributed by atoms with Gasteiger partial charge in [-0.2, -0.15) is 0 Å². The average Bonchev–Trinajstić information content (AvgIpc) is 3.25. The first-order chi connectivity index (χ1) is 10.7. The maximum atomic E-state index is 12.4. The van der Waals surface area contributed by atoms with Crippen molar-refractivity contribution in [3.8, 4) is 0 Å². The van der Waals surface area contributed by atoms with Gasteiger partial charge < -0.3 is 14.1 Å². The van der Waals surface area contributed by atoms with Crippen LogP contribution >= 0.6 is 11.3 Å². The van der Waals surface area contributed by atoms with Crippen LogP contribution in [-0.4, -0.2) is 35.0 Å². The summed E-state index contributed by atoms with van der Waals surface area (Å²) in [6, 6.07) is 3.47. The van der Waals surface area contributed by atoms with Crippen LogP contribution in [0.3, 0.4) is 0 Å². The minimum Gasteiger partial charge on any atom is -0.459 e. The molecule has 2 saturated heterocycles. The number of carbonyl (C=O) groups excluding carboxylic acids is 1. The number of aryl methyl sites for hydroxylation is 1. The lowest BCUT2D eigenvalue weighted by Gasteiger charge is -2.33. The van der Waals surface area contributed by atoms with Gasteiger partial charge in [-0.15, -0.1) is 11.3 Å². The van der Waals surface area contributed by atoms with Gasteiger partial charge in [0.25, 0.3) is 5.91 Å². The second-order valence-corrected chi connectivity index (χ2v) is 6.89. The molecule has 22 heavy (non-hydrogen) atoms. The Morgan fingerprint density at radius 1 is 1.50 bits per heavy atom. The largest absolute Gasteiger partial charge is 0.459 e. The van der Waals surface area contributed by atoms with Crippen LogP contribution < -0.4 is 0 Å². The number of piperidine rings is 1. The van der Waals surface area contributed by atoms with Gasteiger partial charge in [-0.05, 0) is 31.9 Å². The van der Waals surface area contributed by atoms with Gasteiger partial charge >= 0.3 is 0 Å². The second kappa shape index (κ2) is 5.52. The number of amides is 1. The van der Waals surface area contributed by atoms with Crippen molar-refractivity contribution < 1.29 is 13.9 Å². The topological polar surface area (TPSA) is 55.6 Å². The summed E-state index contributed by atoms with van der Waals surface area (Å²) >= 11 is 1.67. The van der Waals surface area contributed by atoms with E-state index in [1.807, 2.05) is 11.8 Å². The molecule has 2 aromatic rings. The van der Waals surface area contributed by atoms with Crippen molar-refractivity contribution in [2.24, 2.45) is 5.92 Å². The van der Waals surface area contributed by atoms with Gasteiger partial charge in [0.15, 0.2) is 5.76 Å². The summed E-state index contributed by atoms with van der Waals surface area (Å²) in [6.07, 6.45) is 3.71. The van der Waals surface area contributed by atoms with Crippen molar-refractivity contribution in [1.82, 2.24) is 9.88 Å². The summed E-state index contributed by atoms with van der Waals surface area (Å²) in [5.74, 6) is 0.795. The fourth-order valence-corrected chi connectivity index (χ4v) is 4.22. The maximum Gasteiger partial charge on any atom is 0.289 e. The highest BCUT2D eigenvalue weighted by molar-refractivity contribution is 7.09. The van der Waals surface area contributed by atoms with E-state index >= 15 is 0 Å². The summed E-state index contributed by atoms with van der Waals surface area (Å²) in [5.41, 5.74) is 1.05. The number of ether oxygens (including phenoxy) is 1. The standard InChI is InChI=1S/C16H18N2O3S/c1-10-9-22-15(17-10)14-7-11-8-18(5-4-12(11)21-14)16(19)13-3-2-6-20-13/h2-3,6,9,11-12,14H,4-5,7-8H2,1H3/t11-,12-,14+/m1/s1. The van der Waals surface area contributed by atoms with Crippen LogP contribution in [0.5, 0.6) is 0 Å². The van der Waals surface area contributed by atoms with Crippen molar-refractivity contribution in [1.29, 1.82) is 0 Å². The number of thiazole rings is 1. The molecule has 6 heteroatoms. The van der Waals surface area contributed by atoms with Crippen LogP contribution in [-0.2, 0) is 4.74 Å². The number of rotatable bonds is 2. The fraction of sp³-hybridized carbons (Fsp3) is 0.500. The van der Waals surface area contributed by atoms with Crippen molar-refractivity contribution in [2.45, 2.75) is 32.0 Å². The van der Waals surface area contributed by atoms with Crippen LogP contribution in [0.25, 0.3) is 0 Å². The van der Waals surface area contributed by atoms with E-state index in [0.717, 1.165) is 36.6 Å². The van der Waals surface area contributed by atoms with E-state index in [9.17, 15) is 4.79 Å². The first kappa shape index (κ1) is 14.0. The van der Waals surface area contributed by atoms with E-state index in [2.05, 4.69) is 10.4 Å². The van der Waals surface area contributed by atoms with Crippen LogP contribution in [0, 0.1) is 12.8 Å². The van der Waals surface area contributed by atoms with Crippen molar-refractivity contribution >= 4 is 17.2 Å². The molecule has 1 amide bonds. The number of nitrogens with zero attached hydrogens (tertiary/aromatic N) is 2. The molecule has 3 atom stereocenters. The molecule has 0 N–H and O–H groups in total. The Bertz CT molecular complexity index is 667. The molecule has 4 heterocycles. The molecule has 0 radical (unpaired) electrons. The van der Waals surface area contributed by atoms with Crippen LogP contribution in [0.1, 0.15) is 40.2 Å². The molecule has 0 spiro atoms. The number of carbonyl (C=O) groups is 1. The van der Waals surface area contributed by atoms with E-state index in [1.54, 1.807) is 29.7 Å². The zero-order chi connectivity index (χ0) is 15.1. The number of fused-ring (bicyclic) bond motifs is 1. The highest BCUT2D eigenvalue weighted by atomic mass is 32.1. The normalized spacial score (nSPS) is 27.9. The molecule has 0 bridgehead atoms. The number of hydrogen-bond acceptors (Lipinski definition) is 5. The third-order valence-corrected chi connectivity index (χ3v) is 5.51. The van der Waals surface area contributed by atoms with E-state index in [1.165, 1.54) is 0 Å². The lowest BCUT2D eigenvalue weighted by Crippen LogP contribution is -2.44. The molecule has 2 aliphatic rings. The quantitative estimate of drug-likeness (QED) is 0.854. The average molecular weight is 318 g/mol. The number of aromatic nitrogens is 1. The maximum absolute atomic E-state index is 12.4. The molecule has 4 rings (SSSR count). The van der Waals surface area contributed by atoms with Gasteiger partial charge in [0.2, 0.25) is 0 Å². The molecular formula is C16H18N2O3S.